The first kappa shape index (κ1) is 14.4. The van der Waals surface area contributed by atoms with E-state index in [1.165, 1.54) is 16.7 Å². The Labute approximate surface area is 116 Å². The van der Waals surface area contributed by atoms with Crippen LogP contribution in [0.3, 0.4) is 0 Å². The molecule has 19 heavy (non-hydrogen) atoms. The van der Waals surface area contributed by atoms with Crippen molar-refractivity contribution in [2.45, 2.75) is 33.2 Å². The van der Waals surface area contributed by atoms with Crippen LogP contribution in [0.4, 0.5) is 0 Å². The Balaban J connectivity index is 2.29. The minimum atomic E-state index is 0.534. The average Bonchev–Trinajstić information content (AvgIpc) is 2.44. The zero-order valence-corrected chi connectivity index (χ0v) is 12.6. The van der Waals surface area contributed by atoms with Crippen molar-refractivity contribution < 1.29 is 4.74 Å². The van der Waals surface area contributed by atoms with Gasteiger partial charge in [0.25, 0.3) is 0 Å². The van der Waals surface area contributed by atoms with E-state index in [9.17, 15) is 0 Å². The van der Waals surface area contributed by atoms with Crippen LogP contribution < -0.4 is 10.1 Å². The fourth-order valence-corrected chi connectivity index (χ4v) is 3.06. The van der Waals surface area contributed by atoms with Gasteiger partial charge in [0.2, 0.25) is 0 Å². The van der Waals surface area contributed by atoms with Crippen molar-refractivity contribution in [1.29, 1.82) is 0 Å². The molecule has 1 N–H and O–H groups in total. The largest absolute Gasteiger partial charge is 0.496 e. The molecule has 106 valence electrons. The third-order valence-corrected chi connectivity index (χ3v) is 4.12. The molecule has 1 saturated heterocycles. The lowest BCUT2D eigenvalue weighted by Gasteiger charge is -2.35. The molecule has 0 bridgehead atoms. The highest BCUT2D eigenvalue weighted by molar-refractivity contribution is 5.42. The lowest BCUT2D eigenvalue weighted by Crippen LogP contribution is -2.45. The fraction of sp³-hybridized carbons (Fsp3) is 0.625. The zero-order chi connectivity index (χ0) is 13.8. The smallest absolute Gasteiger partial charge is 0.122 e. The minimum Gasteiger partial charge on any atom is -0.496 e. The van der Waals surface area contributed by atoms with Gasteiger partial charge in [-0.3, -0.25) is 4.90 Å². The van der Waals surface area contributed by atoms with E-state index in [2.05, 4.69) is 43.1 Å². The van der Waals surface area contributed by atoms with Gasteiger partial charge in [0.05, 0.1) is 7.11 Å². The lowest BCUT2D eigenvalue weighted by molar-refractivity contribution is 0.169. The van der Waals surface area contributed by atoms with Gasteiger partial charge in [0.15, 0.2) is 0 Å². The molecule has 1 atom stereocenters. The molecule has 2 rings (SSSR count). The number of nitrogens with zero attached hydrogens (tertiary/aromatic N) is 1. The number of ether oxygens (including phenoxy) is 1. The van der Waals surface area contributed by atoms with Crippen LogP contribution in [0.1, 0.15) is 36.1 Å². The topological polar surface area (TPSA) is 24.5 Å². The van der Waals surface area contributed by atoms with Gasteiger partial charge in [0.1, 0.15) is 5.75 Å². The Morgan fingerprint density at radius 3 is 2.47 bits per heavy atom. The first-order valence-electron chi connectivity index (χ1n) is 7.27. The summed E-state index contributed by atoms with van der Waals surface area (Å²) < 4.78 is 5.42. The zero-order valence-electron chi connectivity index (χ0n) is 12.6. The second kappa shape index (κ2) is 6.40. The van der Waals surface area contributed by atoms with Gasteiger partial charge in [-0.1, -0.05) is 13.0 Å². The maximum Gasteiger partial charge on any atom is 0.122 e. The highest BCUT2D eigenvalue weighted by Crippen LogP contribution is 2.31. The number of aryl methyl sites for hydroxylation is 2. The van der Waals surface area contributed by atoms with Crippen LogP contribution in [0.5, 0.6) is 5.75 Å². The Hall–Kier alpha value is -1.06. The molecule has 0 saturated carbocycles. The molecule has 1 aliphatic rings. The maximum atomic E-state index is 5.42. The molecule has 0 spiro atoms. The van der Waals surface area contributed by atoms with Crippen molar-refractivity contribution in [3.8, 4) is 5.75 Å². The van der Waals surface area contributed by atoms with Crippen molar-refractivity contribution in [3.05, 3.63) is 28.8 Å². The van der Waals surface area contributed by atoms with E-state index in [-0.39, 0.29) is 0 Å². The highest BCUT2D eigenvalue weighted by atomic mass is 16.5. The molecule has 1 aromatic carbocycles. The number of nitrogens with one attached hydrogen (secondary N) is 1. The van der Waals surface area contributed by atoms with E-state index < -0.39 is 0 Å². The molecule has 0 amide bonds. The number of hydrogen-bond donors (Lipinski definition) is 1. The number of rotatable bonds is 4. The molecule has 0 aliphatic carbocycles. The molecule has 1 fully saturated rings. The third kappa shape index (κ3) is 3.10. The van der Waals surface area contributed by atoms with Crippen molar-refractivity contribution >= 4 is 0 Å². The normalized spacial score (nSPS) is 18.3. The highest BCUT2D eigenvalue weighted by Gasteiger charge is 2.22. The number of benzene rings is 1. The summed E-state index contributed by atoms with van der Waals surface area (Å²) in [6.45, 7) is 11.1. The monoisotopic (exact) mass is 262 g/mol. The summed E-state index contributed by atoms with van der Waals surface area (Å²) in [4.78, 5) is 2.60. The van der Waals surface area contributed by atoms with Crippen molar-refractivity contribution in [2.75, 3.05) is 33.3 Å². The Morgan fingerprint density at radius 1 is 1.21 bits per heavy atom. The molecule has 1 unspecified atom stereocenters. The van der Waals surface area contributed by atoms with Gasteiger partial charge in [0, 0.05) is 32.2 Å². The fourth-order valence-electron chi connectivity index (χ4n) is 3.06. The van der Waals surface area contributed by atoms with Crippen LogP contribution in [-0.2, 0) is 0 Å². The van der Waals surface area contributed by atoms with Crippen LogP contribution in [0.15, 0.2) is 12.1 Å². The predicted molar refractivity (Wildman–Crippen MR) is 79.9 cm³/mol. The van der Waals surface area contributed by atoms with E-state index in [0.29, 0.717) is 6.04 Å². The first-order valence-corrected chi connectivity index (χ1v) is 7.27. The predicted octanol–water partition coefficient (Wildman–Crippen LogP) is 2.67. The van der Waals surface area contributed by atoms with Crippen LogP contribution in [-0.4, -0.2) is 38.2 Å². The van der Waals surface area contributed by atoms with Gasteiger partial charge in [-0.05, 0) is 43.0 Å². The van der Waals surface area contributed by atoms with Gasteiger partial charge in [-0.15, -0.1) is 0 Å². The van der Waals surface area contributed by atoms with Gasteiger partial charge in [-0.2, -0.15) is 0 Å². The average molecular weight is 262 g/mol. The Kier molecular flexibility index (Phi) is 4.83. The van der Waals surface area contributed by atoms with Crippen LogP contribution in [0.25, 0.3) is 0 Å². The summed E-state index contributed by atoms with van der Waals surface area (Å²) >= 11 is 0. The van der Waals surface area contributed by atoms with E-state index in [1.807, 2.05) is 0 Å². The molecular weight excluding hydrogens is 236 g/mol. The first-order chi connectivity index (χ1) is 9.17. The Bertz CT molecular complexity index is 425. The molecule has 3 nitrogen and oxygen atoms in total. The van der Waals surface area contributed by atoms with E-state index >= 15 is 0 Å². The number of hydrogen-bond acceptors (Lipinski definition) is 3. The summed E-state index contributed by atoms with van der Waals surface area (Å²) in [6, 6.07) is 5.02. The summed E-state index contributed by atoms with van der Waals surface area (Å²) in [5, 5.41) is 3.43. The number of piperazine rings is 1. The van der Waals surface area contributed by atoms with Gasteiger partial charge >= 0.3 is 0 Å². The van der Waals surface area contributed by atoms with Crippen LogP contribution >= 0.6 is 0 Å². The summed E-state index contributed by atoms with van der Waals surface area (Å²) in [7, 11) is 1.75. The SMILES string of the molecule is CCC(c1cc(C)c(OC)cc1C)N1CCNCC1. The summed E-state index contributed by atoms with van der Waals surface area (Å²) in [5.74, 6) is 0.997. The second-order valence-corrected chi connectivity index (χ2v) is 5.39. The summed E-state index contributed by atoms with van der Waals surface area (Å²) in [5.41, 5.74) is 4.03. The van der Waals surface area contributed by atoms with Gasteiger partial charge in [-0.25, -0.2) is 0 Å². The maximum absolute atomic E-state index is 5.42. The lowest BCUT2D eigenvalue weighted by atomic mass is 9.95. The third-order valence-electron chi connectivity index (χ3n) is 4.12. The standard InChI is InChI=1S/C16H26N2O/c1-5-15(18-8-6-17-7-9-18)14-10-13(3)16(19-4)11-12(14)2/h10-11,15,17H,5-9H2,1-4H3. The second-order valence-electron chi connectivity index (χ2n) is 5.39. The quantitative estimate of drug-likeness (QED) is 0.903. The molecule has 3 heteroatoms. The minimum absolute atomic E-state index is 0.534. The van der Waals surface area contributed by atoms with Gasteiger partial charge < -0.3 is 10.1 Å². The van der Waals surface area contributed by atoms with E-state index in [0.717, 1.165) is 38.3 Å². The van der Waals surface area contributed by atoms with E-state index in [1.54, 1.807) is 7.11 Å². The molecular formula is C16H26N2O. The molecule has 1 heterocycles. The van der Waals surface area contributed by atoms with Crippen LogP contribution in [0.2, 0.25) is 0 Å². The van der Waals surface area contributed by atoms with Crippen molar-refractivity contribution in [1.82, 2.24) is 10.2 Å². The molecule has 0 radical (unpaired) electrons. The molecule has 1 aromatic rings. The van der Waals surface area contributed by atoms with Crippen LogP contribution in [0, 0.1) is 13.8 Å². The Morgan fingerprint density at radius 2 is 1.89 bits per heavy atom. The van der Waals surface area contributed by atoms with E-state index in [4.69, 9.17) is 4.74 Å². The molecule has 1 aliphatic heterocycles. The number of methoxy groups -OCH3 is 1. The van der Waals surface area contributed by atoms with Crippen molar-refractivity contribution in [3.63, 3.8) is 0 Å². The van der Waals surface area contributed by atoms with Crippen molar-refractivity contribution in [2.24, 2.45) is 0 Å². The summed E-state index contributed by atoms with van der Waals surface area (Å²) in [6.07, 6.45) is 1.16. The molecule has 0 aromatic heterocycles.